The minimum atomic E-state index is 0.523. The zero-order valence-electron chi connectivity index (χ0n) is 11.1. The topological polar surface area (TPSA) is 30.5 Å². The van der Waals surface area contributed by atoms with Gasteiger partial charge in [-0.1, -0.05) is 19.8 Å². The van der Waals surface area contributed by atoms with Crippen LogP contribution in [0, 0.1) is 5.92 Å². The van der Waals surface area contributed by atoms with Crippen molar-refractivity contribution >= 4 is 0 Å². The molecule has 0 bridgehead atoms. The molecule has 0 aromatic rings. The average Bonchev–Trinajstić information content (AvgIpc) is 2.36. The number of nitrogens with one attached hydrogen (secondary N) is 1. The standard InChI is InChI=1S/C14H27NO2/c1-12-3-2-4-14(11-12)17-10-7-15-13-5-8-16-9-6-13/h12-15H,2-11H2,1H3. The molecule has 3 heteroatoms. The summed E-state index contributed by atoms with van der Waals surface area (Å²) in [5.41, 5.74) is 0. The van der Waals surface area contributed by atoms with E-state index in [4.69, 9.17) is 9.47 Å². The van der Waals surface area contributed by atoms with Crippen LogP contribution in [0.1, 0.15) is 45.4 Å². The van der Waals surface area contributed by atoms with Crippen molar-refractivity contribution in [2.24, 2.45) is 5.92 Å². The monoisotopic (exact) mass is 241 g/mol. The molecule has 1 aliphatic heterocycles. The maximum Gasteiger partial charge on any atom is 0.0594 e. The molecule has 1 N–H and O–H groups in total. The van der Waals surface area contributed by atoms with Crippen LogP contribution in [0.25, 0.3) is 0 Å². The van der Waals surface area contributed by atoms with E-state index in [1.165, 1.54) is 25.7 Å². The fourth-order valence-electron chi connectivity index (χ4n) is 2.92. The molecule has 0 amide bonds. The van der Waals surface area contributed by atoms with Crippen LogP contribution >= 0.6 is 0 Å². The zero-order valence-corrected chi connectivity index (χ0v) is 11.1. The van der Waals surface area contributed by atoms with Gasteiger partial charge in [0.05, 0.1) is 12.7 Å². The Morgan fingerprint density at radius 3 is 2.76 bits per heavy atom. The summed E-state index contributed by atoms with van der Waals surface area (Å²) in [4.78, 5) is 0. The molecule has 1 aliphatic carbocycles. The third-order valence-electron chi connectivity index (χ3n) is 4.00. The first kappa shape index (κ1) is 13.3. The minimum Gasteiger partial charge on any atom is -0.381 e. The molecular weight excluding hydrogens is 214 g/mol. The molecule has 3 nitrogen and oxygen atoms in total. The summed E-state index contributed by atoms with van der Waals surface area (Å²) in [7, 11) is 0. The summed E-state index contributed by atoms with van der Waals surface area (Å²) >= 11 is 0. The second kappa shape index (κ2) is 7.34. The summed E-state index contributed by atoms with van der Waals surface area (Å²) < 4.78 is 11.3. The molecule has 2 atom stereocenters. The first-order chi connectivity index (χ1) is 8.34. The van der Waals surface area contributed by atoms with Crippen molar-refractivity contribution in [2.75, 3.05) is 26.4 Å². The zero-order chi connectivity index (χ0) is 11.9. The van der Waals surface area contributed by atoms with Crippen molar-refractivity contribution in [2.45, 2.75) is 57.6 Å². The summed E-state index contributed by atoms with van der Waals surface area (Å²) in [6, 6.07) is 0.651. The Bertz CT molecular complexity index is 204. The van der Waals surface area contributed by atoms with E-state index in [1.807, 2.05) is 0 Å². The van der Waals surface area contributed by atoms with Crippen molar-refractivity contribution in [3.63, 3.8) is 0 Å². The highest BCUT2D eigenvalue weighted by Crippen LogP contribution is 2.25. The van der Waals surface area contributed by atoms with Crippen molar-refractivity contribution in [1.82, 2.24) is 5.32 Å². The smallest absolute Gasteiger partial charge is 0.0594 e. The van der Waals surface area contributed by atoms with Crippen LogP contribution < -0.4 is 5.32 Å². The molecule has 0 radical (unpaired) electrons. The van der Waals surface area contributed by atoms with Crippen molar-refractivity contribution < 1.29 is 9.47 Å². The molecule has 0 aromatic carbocycles. The van der Waals surface area contributed by atoms with E-state index >= 15 is 0 Å². The van der Waals surface area contributed by atoms with E-state index in [0.717, 1.165) is 45.1 Å². The average molecular weight is 241 g/mol. The lowest BCUT2D eigenvalue weighted by molar-refractivity contribution is 0.0139. The van der Waals surface area contributed by atoms with Crippen molar-refractivity contribution in [3.05, 3.63) is 0 Å². The highest BCUT2D eigenvalue weighted by molar-refractivity contribution is 4.72. The molecule has 1 saturated heterocycles. The van der Waals surface area contributed by atoms with E-state index in [0.29, 0.717) is 12.1 Å². The van der Waals surface area contributed by atoms with Gasteiger partial charge in [0.25, 0.3) is 0 Å². The molecule has 2 aliphatic rings. The van der Waals surface area contributed by atoms with Gasteiger partial charge in [0.2, 0.25) is 0 Å². The van der Waals surface area contributed by atoms with Gasteiger partial charge in [-0.05, 0) is 31.6 Å². The van der Waals surface area contributed by atoms with Crippen LogP contribution in [-0.2, 0) is 9.47 Å². The Kier molecular flexibility index (Phi) is 5.75. The molecule has 0 aromatic heterocycles. The van der Waals surface area contributed by atoms with Crippen LogP contribution in [0.5, 0.6) is 0 Å². The van der Waals surface area contributed by atoms with Gasteiger partial charge in [-0.25, -0.2) is 0 Å². The summed E-state index contributed by atoms with van der Waals surface area (Å²) in [5, 5.41) is 3.57. The van der Waals surface area contributed by atoms with Crippen LogP contribution in [0.4, 0.5) is 0 Å². The van der Waals surface area contributed by atoms with Gasteiger partial charge in [0.1, 0.15) is 0 Å². The van der Waals surface area contributed by atoms with Gasteiger partial charge in [-0.15, -0.1) is 0 Å². The Balaban J connectivity index is 1.50. The number of ether oxygens (including phenoxy) is 2. The maximum absolute atomic E-state index is 5.95. The number of hydrogen-bond donors (Lipinski definition) is 1. The second-order valence-corrected chi connectivity index (χ2v) is 5.61. The number of rotatable bonds is 5. The first-order valence-electron chi connectivity index (χ1n) is 7.27. The summed E-state index contributed by atoms with van der Waals surface area (Å²) in [5.74, 6) is 0.859. The van der Waals surface area contributed by atoms with E-state index in [-0.39, 0.29) is 0 Å². The van der Waals surface area contributed by atoms with Gasteiger partial charge < -0.3 is 14.8 Å². The third-order valence-corrected chi connectivity index (χ3v) is 4.00. The van der Waals surface area contributed by atoms with Gasteiger partial charge >= 0.3 is 0 Å². The quantitative estimate of drug-likeness (QED) is 0.750. The summed E-state index contributed by atoms with van der Waals surface area (Å²) in [6.45, 7) is 6.04. The molecule has 17 heavy (non-hydrogen) atoms. The molecule has 2 rings (SSSR count). The Morgan fingerprint density at radius 1 is 1.18 bits per heavy atom. The van der Waals surface area contributed by atoms with Gasteiger partial charge in [-0.3, -0.25) is 0 Å². The van der Waals surface area contributed by atoms with Gasteiger partial charge in [0, 0.05) is 25.8 Å². The fourth-order valence-corrected chi connectivity index (χ4v) is 2.92. The van der Waals surface area contributed by atoms with Crippen molar-refractivity contribution in [3.8, 4) is 0 Å². The molecule has 2 unspecified atom stereocenters. The SMILES string of the molecule is CC1CCCC(OCCNC2CCOCC2)C1. The molecule has 2 fully saturated rings. The Morgan fingerprint density at radius 2 is 2.00 bits per heavy atom. The van der Waals surface area contributed by atoms with Gasteiger partial charge in [0.15, 0.2) is 0 Å². The number of hydrogen-bond acceptors (Lipinski definition) is 3. The highest BCUT2D eigenvalue weighted by Gasteiger charge is 2.19. The molecule has 1 saturated carbocycles. The van der Waals surface area contributed by atoms with Crippen molar-refractivity contribution in [1.29, 1.82) is 0 Å². The largest absolute Gasteiger partial charge is 0.381 e. The van der Waals surface area contributed by atoms with Crippen LogP contribution in [0.15, 0.2) is 0 Å². The normalized spacial score (nSPS) is 31.6. The molecule has 100 valence electrons. The second-order valence-electron chi connectivity index (χ2n) is 5.61. The maximum atomic E-state index is 5.95. The van der Waals surface area contributed by atoms with E-state index < -0.39 is 0 Å². The lowest BCUT2D eigenvalue weighted by atomic mass is 9.89. The Labute approximate surface area is 105 Å². The van der Waals surface area contributed by atoms with Crippen LogP contribution in [0.3, 0.4) is 0 Å². The fraction of sp³-hybridized carbons (Fsp3) is 1.00. The van der Waals surface area contributed by atoms with Crippen LogP contribution in [0.2, 0.25) is 0 Å². The highest BCUT2D eigenvalue weighted by atomic mass is 16.5. The molecular formula is C14H27NO2. The molecule has 1 heterocycles. The predicted molar refractivity (Wildman–Crippen MR) is 69.2 cm³/mol. The lowest BCUT2D eigenvalue weighted by Gasteiger charge is -2.27. The van der Waals surface area contributed by atoms with E-state index in [1.54, 1.807) is 0 Å². The Hall–Kier alpha value is -0.120. The van der Waals surface area contributed by atoms with E-state index in [2.05, 4.69) is 12.2 Å². The predicted octanol–water partition coefficient (Wildman–Crippen LogP) is 2.35. The lowest BCUT2D eigenvalue weighted by Crippen LogP contribution is -2.37. The summed E-state index contributed by atoms with van der Waals surface area (Å²) in [6.07, 6.45) is 8.09. The molecule has 0 spiro atoms. The van der Waals surface area contributed by atoms with E-state index in [9.17, 15) is 0 Å². The minimum absolute atomic E-state index is 0.523. The van der Waals surface area contributed by atoms with Gasteiger partial charge in [-0.2, -0.15) is 0 Å². The first-order valence-corrected chi connectivity index (χ1v) is 7.27. The van der Waals surface area contributed by atoms with Crippen LogP contribution in [-0.4, -0.2) is 38.5 Å². The third kappa shape index (κ3) is 4.94.